The minimum atomic E-state index is -0.870. The van der Waals surface area contributed by atoms with E-state index in [0.29, 0.717) is 5.92 Å². The molecule has 0 aliphatic rings. The molecule has 0 aliphatic carbocycles. The van der Waals surface area contributed by atoms with Gasteiger partial charge in [-0.1, -0.05) is 27.7 Å². The van der Waals surface area contributed by atoms with Crippen molar-refractivity contribution in [1.82, 2.24) is 5.32 Å². The van der Waals surface area contributed by atoms with Crippen LogP contribution in [-0.4, -0.2) is 23.2 Å². The quantitative estimate of drug-likeness (QED) is 0.863. The predicted molar refractivity (Wildman–Crippen MR) is 76.2 cm³/mol. The van der Waals surface area contributed by atoms with Gasteiger partial charge in [-0.3, -0.25) is 4.79 Å². The van der Waals surface area contributed by atoms with E-state index in [-0.39, 0.29) is 18.4 Å². The Morgan fingerprint density at radius 1 is 1.44 bits per heavy atom. The van der Waals surface area contributed by atoms with Gasteiger partial charge in [-0.05, 0) is 35.8 Å². The molecule has 1 rings (SSSR count). The molecule has 0 bridgehead atoms. The minimum absolute atomic E-state index is 0.0883. The van der Waals surface area contributed by atoms with Crippen molar-refractivity contribution in [2.24, 2.45) is 5.92 Å². The zero-order chi connectivity index (χ0) is 13.9. The van der Waals surface area contributed by atoms with Crippen LogP contribution in [0.1, 0.15) is 55.8 Å². The van der Waals surface area contributed by atoms with Gasteiger partial charge in [0.2, 0.25) is 0 Å². The fraction of sp³-hybridized carbons (Fsp3) is 0.643. The molecule has 18 heavy (non-hydrogen) atoms. The van der Waals surface area contributed by atoms with Crippen molar-refractivity contribution in [2.45, 2.75) is 46.1 Å². The molecule has 0 aromatic carbocycles. The van der Waals surface area contributed by atoms with Crippen molar-refractivity contribution in [3.63, 3.8) is 0 Å². The third kappa shape index (κ3) is 3.56. The predicted octanol–water partition coefficient (Wildman–Crippen LogP) is 3.01. The maximum Gasteiger partial charge on any atom is 0.261 e. The van der Waals surface area contributed by atoms with Gasteiger partial charge in [-0.15, -0.1) is 11.3 Å². The van der Waals surface area contributed by atoms with Crippen molar-refractivity contribution in [3.05, 3.63) is 21.9 Å². The number of aliphatic hydroxyl groups is 1. The molecule has 1 aromatic heterocycles. The van der Waals surface area contributed by atoms with Crippen LogP contribution >= 0.6 is 11.3 Å². The smallest absolute Gasteiger partial charge is 0.261 e. The summed E-state index contributed by atoms with van der Waals surface area (Å²) >= 11 is 1.45. The molecule has 2 N–H and O–H groups in total. The largest absolute Gasteiger partial charge is 0.388 e. The SMILES string of the molecule is CC(C)c1ccsc1C(=O)NCC(C)(O)C(C)C. The Balaban J connectivity index is 2.69. The molecule has 0 spiro atoms. The van der Waals surface area contributed by atoms with Crippen molar-refractivity contribution >= 4 is 17.2 Å². The molecule has 0 radical (unpaired) electrons. The zero-order valence-corrected chi connectivity index (χ0v) is 12.6. The van der Waals surface area contributed by atoms with Crippen molar-refractivity contribution in [1.29, 1.82) is 0 Å². The molecular formula is C14H23NO2S. The zero-order valence-electron chi connectivity index (χ0n) is 11.8. The molecule has 1 amide bonds. The first-order chi connectivity index (χ1) is 8.25. The fourth-order valence-electron chi connectivity index (χ4n) is 1.50. The Morgan fingerprint density at radius 2 is 2.06 bits per heavy atom. The summed E-state index contributed by atoms with van der Waals surface area (Å²) < 4.78 is 0. The first-order valence-electron chi connectivity index (χ1n) is 6.33. The van der Waals surface area contributed by atoms with Gasteiger partial charge in [-0.25, -0.2) is 0 Å². The highest BCUT2D eigenvalue weighted by molar-refractivity contribution is 7.12. The van der Waals surface area contributed by atoms with Crippen LogP contribution < -0.4 is 5.32 Å². The molecule has 0 saturated heterocycles. The second-order valence-electron chi connectivity index (χ2n) is 5.55. The van der Waals surface area contributed by atoms with Gasteiger partial charge < -0.3 is 10.4 Å². The Bertz CT molecular complexity index is 408. The molecule has 0 aliphatic heterocycles. The van der Waals surface area contributed by atoms with E-state index in [9.17, 15) is 9.90 Å². The minimum Gasteiger partial charge on any atom is -0.388 e. The molecule has 4 heteroatoms. The average molecular weight is 269 g/mol. The molecule has 3 nitrogen and oxygen atoms in total. The van der Waals surface area contributed by atoms with Gasteiger partial charge in [0.05, 0.1) is 10.5 Å². The number of nitrogens with one attached hydrogen (secondary N) is 1. The van der Waals surface area contributed by atoms with Gasteiger partial charge in [0.25, 0.3) is 5.91 Å². The lowest BCUT2D eigenvalue weighted by atomic mass is 9.92. The summed E-state index contributed by atoms with van der Waals surface area (Å²) in [5.74, 6) is 0.350. The van der Waals surface area contributed by atoms with Crippen molar-refractivity contribution in [3.8, 4) is 0 Å². The summed E-state index contributed by atoms with van der Waals surface area (Å²) in [7, 11) is 0. The van der Waals surface area contributed by atoms with Gasteiger partial charge in [0.15, 0.2) is 0 Å². The summed E-state index contributed by atoms with van der Waals surface area (Å²) in [5, 5.41) is 14.9. The summed E-state index contributed by atoms with van der Waals surface area (Å²) in [6.45, 7) is 10.1. The van der Waals surface area contributed by atoms with Gasteiger partial charge in [0.1, 0.15) is 0 Å². The maximum atomic E-state index is 12.1. The fourth-order valence-corrected chi connectivity index (χ4v) is 2.47. The maximum absolute atomic E-state index is 12.1. The van der Waals surface area contributed by atoms with Crippen LogP contribution in [0.25, 0.3) is 0 Å². The van der Waals surface area contributed by atoms with Gasteiger partial charge in [-0.2, -0.15) is 0 Å². The van der Waals surface area contributed by atoms with E-state index in [2.05, 4.69) is 19.2 Å². The van der Waals surface area contributed by atoms with Gasteiger partial charge in [0, 0.05) is 6.54 Å². The molecule has 102 valence electrons. The molecule has 0 saturated carbocycles. The van der Waals surface area contributed by atoms with Crippen molar-refractivity contribution in [2.75, 3.05) is 6.54 Å². The third-order valence-electron chi connectivity index (χ3n) is 3.37. The molecular weight excluding hydrogens is 246 g/mol. The van der Waals surface area contributed by atoms with Crippen LogP contribution in [-0.2, 0) is 0 Å². The second-order valence-corrected chi connectivity index (χ2v) is 6.47. The van der Waals surface area contributed by atoms with E-state index in [0.717, 1.165) is 10.4 Å². The van der Waals surface area contributed by atoms with E-state index in [1.807, 2.05) is 25.3 Å². The van der Waals surface area contributed by atoms with Crippen LogP contribution in [0, 0.1) is 5.92 Å². The number of carbonyl (C=O) groups is 1. The van der Waals surface area contributed by atoms with Crippen LogP contribution in [0.2, 0.25) is 0 Å². The third-order valence-corrected chi connectivity index (χ3v) is 4.30. The van der Waals surface area contributed by atoms with Crippen LogP contribution in [0.5, 0.6) is 0 Å². The van der Waals surface area contributed by atoms with E-state index in [4.69, 9.17) is 0 Å². The highest BCUT2D eigenvalue weighted by atomic mass is 32.1. The Morgan fingerprint density at radius 3 is 2.56 bits per heavy atom. The van der Waals surface area contributed by atoms with E-state index in [1.165, 1.54) is 11.3 Å². The van der Waals surface area contributed by atoms with E-state index >= 15 is 0 Å². The average Bonchev–Trinajstić information content (AvgIpc) is 2.74. The van der Waals surface area contributed by atoms with Gasteiger partial charge >= 0.3 is 0 Å². The molecule has 1 aromatic rings. The Kier molecular flexibility index (Phi) is 4.93. The first-order valence-corrected chi connectivity index (χ1v) is 7.21. The molecule has 1 unspecified atom stereocenters. The summed E-state index contributed by atoms with van der Waals surface area (Å²) in [4.78, 5) is 12.8. The Labute approximate surface area is 113 Å². The lowest BCUT2D eigenvalue weighted by Gasteiger charge is -2.27. The highest BCUT2D eigenvalue weighted by Crippen LogP contribution is 2.24. The number of carbonyl (C=O) groups excluding carboxylic acids is 1. The monoisotopic (exact) mass is 269 g/mol. The van der Waals surface area contributed by atoms with Crippen LogP contribution in [0.15, 0.2) is 11.4 Å². The van der Waals surface area contributed by atoms with E-state index in [1.54, 1.807) is 6.92 Å². The standard InChI is InChI=1S/C14H23NO2S/c1-9(2)11-6-7-18-12(11)13(16)15-8-14(5,17)10(3)4/h6-7,9-10,17H,8H2,1-5H3,(H,15,16). The molecule has 1 atom stereocenters. The topological polar surface area (TPSA) is 49.3 Å². The number of amides is 1. The molecule has 0 fully saturated rings. The molecule has 1 heterocycles. The first kappa shape index (κ1) is 15.2. The second kappa shape index (κ2) is 5.85. The lowest BCUT2D eigenvalue weighted by molar-refractivity contribution is 0.0142. The summed E-state index contributed by atoms with van der Waals surface area (Å²) in [6, 6.07) is 1.99. The normalized spacial score (nSPS) is 14.9. The summed E-state index contributed by atoms with van der Waals surface area (Å²) in [6.07, 6.45) is 0. The Hall–Kier alpha value is -0.870. The highest BCUT2D eigenvalue weighted by Gasteiger charge is 2.26. The van der Waals surface area contributed by atoms with Crippen LogP contribution in [0.4, 0.5) is 0 Å². The number of hydrogen-bond acceptors (Lipinski definition) is 3. The van der Waals surface area contributed by atoms with Crippen LogP contribution in [0.3, 0.4) is 0 Å². The number of thiophene rings is 1. The van der Waals surface area contributed by atoms with E-state index < -0.39 is 5.60 Å². The lowest BCUT2D eigenvalue weighted by Crippen LogP contribution is -2.44. The number of hydrogen-bond donors (Lipinski definition) is 2. The van der Waals surface area contributed by atoms with Crippen molar-refractivity contribution < 1.29 is 9.90 Å². The summed E-state index contributed by atoms with van der Waals surface area (Å²) in [5.41, 5.74) is 0.201. The number of rotatable bonds is 5.